The van der Waals surface area contributed by atoms with Gasteiger partial charge in [-0.1, -0.05) is 0 Å². The summed E-state index contributed by atoms with van der Waals surface area (Å²) in [6.45, 7) is -0.0902. The highest BCUT2D eigenvalue weighted by molar-refractivity contribution is 7.90. The Bertz CT molecular complexity index is 1300. The van der Waals surface area contributed by atoms with Crippen LogP contribution in [0.4, 0.5) is 14.5 Å². The van der Waals surface area contributed by atoms with Gasteiger partial charge in [0.1, 0.15) is 9.88 Å². The highest BCUT2D eigenvalue weighted by Crippen LogP contribution is 2.30. The van der Waals surface area contributed by atoms with E-state index in [2.05, 4.69) is 25.0 Å². The van der Waals surface area contributed by atoms with Crippen molar-refractivity contribution in [3.63, 3.8) is 0 Å². The fraction of sp³-hybridized carbons (Fsp3) is 0.250. The summed E-state index contributed by atoms with van der Waals surface area (Å²) in [6.07, 6.45) is 0.176. The van der Waals surface area contributed by atoms with Gasteiger partial charge in [0.25, 0.3) is 11.8 Å². The van der Waals surface area contributed by atoms with Crippen LogP contribution in [-0.2, 0) is 23.8 Å². The molecule has 14 heteroatoms. The van der Waals surface area contributed by atoms with Crippen LogP contribution in [-0.4, -0.2) is 40.4 Å². The minimum atomic E-state index is -3.87. The molecule has 1 aromatic carbocycles. The molecule has 30 heavy (non-hydrogen) atoms. The Balaban J connectivity index is 1.67. The van der Waals surface area contributed by atoms with Crippen LogP contribution in [0.3, 0.4) is 0 Å². The van der Waals surface area contributed by atoms with E-state index in [9.17, 15) is 17.2 Å². The molecule has 4 aromatic rings. The third kappa shape index (κ3) is 3.76. The first-order valence-corrected chi connectivity index (χ1v) is 10.7. The number of rotatable bonds is 7. The molecule has 0 aliphatic carbocycles. The molecule has 1 N–H and O–H groups in total. The van der Waals surface area contributed by atoms with Crippen LogP contribution in [0.25, 0.3) is 21.7 Å². The molecule has 3 aromatic heterocycles. The van der Waals surface area contributed by atoms with Crippen molar-refractivity contribution in [1.29, 1.82) is 0 Å². The zero-order chi connectivity index (χ0) is 21.5. The monoisotopic (exact) mass is 455 g/mol. The predicted octanol–water partition coefficient (Wildman–Crippen LogP) is 2.49. The van der Waals surface area contributed by atoms with Crippen LogP contribution in [0.2, 0.25) is 0 Å². The van der Waals surface area contributed by atoms with Gasteiger partial charge in [-0.3, -0.25) is 8.99 Å². The number of nitrogens with zero attached hydrogens (tertiary/aromatic N) is 6. The van der Waals surface area contributed by atoms with Gasteiger partial charge in [0.05, 0.1) is 30.1 Å². The second-order valence-electron chi connectivity index (χ2n) is 6.09. The number of aryl methyl sites for hydroxylation is 1. The van der Waals surface area contributed by atoms with Gasteiger partial charge < -0.3 is 4.42 Å². The van der Waals surface area contributed by atoms with Gasteiger partial charge in [-0.05, 0) is 18.2 Å². The van der Waals surface area contributed by atoms with Crippen LogP contribution < -0.4 is 9.03 Å². The smallest absolute Gasteiger partial charge is 0.314 e. The number of thiazole rings is 1. The Morgan fingerprint density at radius 3 is 2.80 bits per heavy atom. The second kappa shape index (κ2) is 7.70. The van der Waals surface area contributed by atoms with Crippen molar-refractivity contribution >= 4 is 38.1 Å². The van der Waals surface area contributed by atoms with Gasteiger partial charge in [0.2, 0.25) is 0 Å². The minimum Gasteiger partial charge on any atom is -0.414 e. The number of aromatic nitrogens is 5. The molecular weight excluding hydrogens is 440 g/mol. The topological polar surface area (TPSA) is 119 Å². The molecule has 0 fully saturated rings. The lowest BCUT2D eigenvalue weighted by Crippen LogP contribution is -2.38. The molecule has 0 bridgehead atoms. The lowest BCUT2D eigenvalue weighted by atomic mass is 10.2. The van der Waals surface area contributed by atoms with Crippen molar-refractivity contribution in [2.24, 2.45) is 7.05 Å². The van der Waals surface area contributed by atoms with Gasteiger partial charge >= 0.3 is 16.6 Å². The van der Waals surface area contributed by atoms with E-state index in [1.54, 1.807) is 36.1 Å². The van der Waals surface area contributed by atoms with Gasteiger partial charge in [-0.2, -0.15) is 22.3 Å². The molecule has 3 heterocycles. The Kier molecular flexibility index (Phi) is 5.21. The molecule has 0 saturated heterocycles. The van der Waals surface area contributed by atoms with Crippen LogP contribution in [0.15, 0.2) is 35.0 Å². The van der Waals surface area contributed by atoms with E-state index in [0.717, 1.165) is 26.5 Å². The third-order valence-corrected chi connectivity index (χ3v) is 6.65. The first-order chi connectivity index (χ1) is 14.3. The van der Waals surface area contributed by atoms with E-state index < -0.39 is 22.5 Å². The summed E-state index contributed by atoms with van der Waals surface area (Å²) in [5.74, 6) is -0.891. The van der Waals surface area contributed by atoms with Crippen molar-refractivity contribution in [1.82, 2.24) is 29.7 Å². The number of benzene rings is 1. The first kappa shape index (κ1) is 20.3. The largest absolute Gasteiger partial charge is 0.414 e. The Hall–Kier alpha value is -2.97. The normalized spacial score (nSPS) is 12.2. The Morgan fingerprint density at radius 2 is 2.10 bits per heavy atom. The quantitative estimate of drug-likeness (QED) is 0.455. The number of hydrogen-bond acceptors (Lipinski definition) is 8. The van der Waals surface area contributed by atoms with Crippen molar-refractivity contribution in [2.45, 2.75) is 13.0 Å². The van der Waals surface area contributed by atoms with Gasteiger partial charge in [0, 0.05) is 19.5 Å². The Labute approximate surface area is 173 Å². The van der Waals surface area contributed by atoms with Crippen LogP contribution in [0.1, 0.15) is 17.3 Å². The van der Waals surface area contributed by atoms with E-state index in [1.807, 2.05) is 0 Å². The predicted molar refractivity (Wildman–Crippen MR) is 105 cm³/mol. The molecule has 0 atom stereocenters. The van der Waals surface area contributed by atoms with Crippen molar-refractivity contribution in [3.8, 4) is 10.8 Å². The minimum absolute atomic E-state index is 0.0902. The standard InChI is InChI=1S/C16H15F2N7O3S2/c1-19-30(26,27)25(10-4-3-9-6-21-24(2)11(9)5-10)8-13-20-7-12(29-13)15-22-23-16(28-15)14(17)18/h3-7,14,19H,8H2,1-2H3. The summed E-state index contributed by atoms with van der Waals surface area (Å²) < 4.78 is 60.6. The average molecular weight is 455 g/mol. The van der Waals surface area contributed by atoms with Crippen molar-refractivity contribution in [3.05, 3.63) is 41.5 Å². The highest BCUT2D eigenvalue weighted by Gasteiger charge is 2.24. The fourth-order valence-corrected chi connectivity index (χ4v) is 4.55. The SMILES string of the molecule is CNS(=O)(=O)N(Cc1ncc(-c2nnc(C(F)F)o2)s1)c1ccc2cnn(C)c2c1. The summed E-state index contributed by atoms with van der Waals surface area (Å²) in [5.41, 5.74) is 1.17. The molecule has 0 radical (unpaired) electrons. The van der Waals surface area contributed by atoms with Crippen LogP contribution >= 0.6 is 11.3 Å². The van der Waals surface area contributed by atoms with Crippen molar-refractivity contribution in [2.75, 3.05) is 11.4 Å². The van der Waals surface area contributed by atoms with E-state index in [1.165, 1.54) is 13.2 Å². The molecule has 158 valence electrons. The van der Waals surface area contributed by atoms with E-state index in [4.69, 9.17) is 4.42 Å². The van der Waals surface area contributed by atoms with E-state index in [-0.39, 0.29) is 12.4 Å². The molecule has 0 saturated carbocycles. The maximum Gasteiger partial charge on any atom is 0.314 e. The van der Waals surface area contributed by atoms with Crippen LogP contribution in [0.5, 0.6) is 0 Å². The molecule has 0 unspecified atom stereocenters. The fourth-order valence-electron chi connectivity index (χ4n) is 2.74. The van der Waals surface area contributed by atoms with E-state index in [0.29, 0.717) is 15.6 Å². The molecule has 10 nitrogen and oxygen atoms in total. The Morgan fingerprint density at radius 1 is 1.30 bits per heavy atom. The number of alkyl halides is 2. The molecule has 0 aliphatic rings. The van der Waals surface area contributed by atoms with Gasteiger partial charge in [-0.25, -0.2) is 9.71 Å². The number of fused-ring (bicyclic) bond motifs is 1. The average Bonchev–Trinajstić information content (AvgIpc) is 3.46. The third-order valence-electron chi connectivity index (χ3n) is 4.24. The summed E-state index contributed by atoms with van der Waals surface area (Å²) in [5, 5.41) is 12.3. The molecule has 0 aliphatic heterocycles. The maximum absolute atomic E-state index is 12.7. The second-order valence-corrected chi connectivity index (χ2v) is 9.01. The van der Waals surface area contributed by atoms with Gasteiger partial charge in [0.15, 0.2) is 0 Å². The number of halogens is 2. The van der Waals surface area contributed by atoms with Crippen molar-refractivity contribution < 1.29 is 21.6 Å². The first-order valence-electron chi connectivity index (χ1n) is 8.48. The molecule has 0 spiro atoms. The van der Waals surface area contributed by atoms with Crippen LogP contribution in [0, 0.1) is 0 Å². The van der Waals surface area contributed by atoms with Gasteiger partial charge in [-0.15, -0.1) is 21.5 Å². The number of anilines is 1. The summed E-state index contributed by atoms with van der Waals surface area (Å²) in [6, 6.07) is 5.15. The maximum atomic E-state index is 12.7. The molecular formula is C16H15F2N7O3S2. The molecule has 4 rings (SSSR count). The lowest BCUT2D eigenvalue weighted by Gasteiger charge is -2.22. The number of hydrogen-bond donors (Lipinski definition) is 1. The number of nitrogens with one attached hydrogen (secondary N) is 1. The zero-order valence-electron chi connectivity index (χ0n) is 15.7. The summed E-state index contributed by atoms with van der Waals surface area (Å²) in [7, 11) is -0.803. The highest BCUT2D eigenvalue weighted by atomic mass is 32.2. The summed E-state index contributed by atoms with van der Waals surface area (Å²) in [4.78, 5) is 4.54. The molecule has 0 amide bonds. The zero-order valence-corrected chi connectivity index (χ0v) is 17.3. The van der Waals surface area contributed by atoms with E-state index >= 15 is 0 Å². The lowest BCUT2D eigenvalue weighted by molar-refractivity contribution is 0.116. The summed E-state index contributed by atoms with van der Waals surface area (Å²) >= 11 is 1.07.